The molecule has 0 radical (unpaired) electrons. The minimum atomic E-state index is -0.0790. The van der Waals surface area contributed by atoms with Gasteiger partial charge in [0.1, 0.15) is 0 Å². The van der Waals surface area contributed by atoms with Gasteiger partial charge in [-0.3, -0.25) is 9.59 Å². The van der Waals surface area contributed by atoms with Crippen molar-refractivity contribution in [3.8, 4) is 0 Å². The molecule has 0 unspecified atom stereocenters. The fourth-order valence-electron chi connectivity index (χ4n) is 3.51. The van der Waals surface area contributed by atoms with Crippen LogP contribution < -0.4 is 10.7 Å². The Morgan fingerprint density at radius 3 is 2.77 bits per heavy atom. The van der Waals surface area contributed by atoms with Crippen molar-refractivity contribution < 1.29 is 4.79 Å². The molecule has 0 aliphatic heterocycles. The predicted molar refractivity (Wildman–Crippen MR) is 125 cm³/mol. The fourth-order valence-corrected chi connectivity index (χ4v) is 5.17. The Balaban J connectivity index is 1.53. The van der Waals surface area contributed by atoms with Gasteiger partial charge in [-0.05, 0) is 43.4 Å². The molecule has 2 aromatic heterocycles. The molecule has 0 bridgehead atoms. The lowest BCUT2D eigenvalue weighted by Crippen LogP contribution is -2.15. The van der Waals surface area contributed by atoms with Crippen LogP contribution in [0.4, 0.5) is 5.13 Å². The van der Waals surface area contributed by atoms with Gasteiger partial charge < -0.3 is 9.88 Å². The molecule has 0 spiro atoms. The zero-order valence-corrected chi connectivity index (χ0v) is 18.5. The van der Waals surface area contributed by atoms with Gasteiger partial charge in [0.15, 0.2) is 9.77 Å². The van der Waals surface area contributed by atoms with Crippen LogP contribution in [0, 0.1) is 6.92 Å². The third kappa shape index (κ3) is 4.24. The molecule has 4 rings (SSSR count). The molecular weight excluding hydrogens is 416 g/mol. The van der Waals surface area contributed by atoms with E-state index in [0.717, 1.165) is 26.7 Å². The minimum Gasteiger partial charge on any atom is -0.340 e. The number of pyridine rings is 1. The van der Waals surface area contributed by atoms with Crippen molar-refractivity contribution in [2.75, 3.05) is 11.1 Å². The van der Waals surface area contributed by atoms with Crippen LogP contribution in [0.2, 0.25) is 0 Å². The first-order valence-electron chi connectivity index (χ1n) is 9.85. The van der Waals surface area contributed by atoms with E-state index in [4.69, 9.17) is 0 Å². The molecule has 2 aromatic carbocycles. The quantitative estimate of drug-likeness (QED) is 0.254. The Morgan fingerprint density at radius 1 is 1.13 bits per heavy atom. The fraction of sp³-hybridized carbons (Fsp3) is 0.273. The second-order valence-electron chi connectivity index (χ2n) is 6.98. The summed E-state index contributed by atoms with van der Waals surface area (Å²) in [5.41, 5.74) is 2.90. The van der Waals surface area contributed by atoms with E-state index >= 15 is 0 Å². The molecule has 0 aliphatic rings. The monoisotopic (exact) mass is 438 g/mol. The van der Waals surface area contributed by atoms with Gasteiger partial charge in [0.2, 0.25) is 11.0 Å². The van der Waals surface area contributed by atoms with E-state index in [9.17, 15) is 9.59 Å². The highest BCUT2D eigenvalue weighted by Gasteiger charge is 2.12. The van der Waals surface area contributed by atoms with Crippen LogP contribution in [0.5, 0.6) is 0 Å². The van der Waals surface area contributed by atoms with Crippen molar-refractivity contribution in [1.29, 1.82) is 0 Å². The molecule has 4 aromatic rings. The first-order chi connectivity index (χ1) is 14.6. The summed E-state index contributed by atoms with van der Waals surface area (Å²) in [7, 11) is 0. The van der Waals surface area contributed by atoms with Crippen LogP contribution in [0.15, 0.2) is 51.6 Å². The summed E-state index contributed by atoms with van der Waals surface area (Å²) in [6, 6.07) is 13.6. The molecule has 8 heteroatoms. The Kier molecular flexibility index (Phi) is 6.15. The van der Waals surface area contributed by atoms with Crippen molar-refractivity contribution in [3.05, 3.63) is 58.3 Å². The van der Waals surface area contributed by atoms with E-state index in [1.54, 1.807) is 11.8 Å². The average Bonchev–Trinajstić information content (AvgIpc) is 3.17. The number of para-hydroxylation sites is 1. The van der Waals surface area contributed by atoms with Crippen LogP contribution in [0.3, 0.4) is 0 Å². The van der Waals surface area contributed by atoms with Gasteiger partial charge in [0.05, 0.1) is 11.0 Å². The minimum absolute atomic E-state index is 0.0512. The summed E-state index contributed by atoms with van der Waals surface area (Å²) in [5.74, 6) is 0.841. The van der Waals surface area contributed by atoms with Crippen molar-refractivity contribution in [1.82, 2.24) is 14.8 Å². The second-order valence-corrected chi connectivity index (χ2v) is 9.47. The number of aromatic nitrogens is 3. The third-order valence-corrected chi connectivity index (χ3v) is 6.69. The zero-order valence-electron chi connectivity index (χ0n) is 16.8. The maximum Gasteiger partial charge on any atom is 0.226 e. The van der Waals surface area contributed by atoms with Crippen LogP contribution in [0.1, 0.15) is 25.3 Å². The number of fused-ring (bicyclic) bond motifs is 2. The van der Waals surface area contributed by atoms with Crippen LogP contribution >= 0.6 is 23.1 Å². The summed E-state index contributed by atoms with van der Waals surface area (Å²) < 4.78 is 2.99. The first kappa shape index (κ1) is 20.6. The Bertz CT molecular complexity index is 1280. The molecule has 1 N–H and O–H groups in total. The molecule has 6 nitrogen and oxygen atoms in total. The number of anilines is 1. The van der Waals surface area contributed by atoms with E-state index in [-0.39, 0.29) is 11.3 Å². The van der Waals surface area contributed by atoms with E-state index < -0.39 is 0 Å². The van der Waals surface area contributed by atoms with Gasteiger partial charge in [-0.1, -0.05) is 53.8 Å². The molecule has 0 fully saturated rings. The highest BCUT2D eigenvalue weighted by atomic mass is 32.2. The van der Waals surface area contributed by atoms with Gasteiger partial charge >= 0.3 is 0 Å². The molecule has 30 heavy (non-hydrogen) atoms. The standard InChI is InChI=1S/C22H22N4O2S2/c1-3-29-22-25-24-21(30-22)23-19(27)9-6-12-26-17-8-5-4-7-15(17)20(28)16-13-14(2)10-11-18(16)26/h4-5,7-8,10-11,13H,3,6,9,12H2,1-2H3,(H,23,24,27). The molecule has 0 atom stereocenters. The zero-order chi connectivity index (χ0) is 21.1. The van der Waals surface area contributed by atoms with Gasteiger partial charge in [-0.25, -0.2) is 0 Å². The van der Waals surface area contributed by atoms with Crippen LogP contribution in [-0.4, -0.2) is 26.4 Å². The van der Waals surface area contributed by atoms with Gasteiger partial charge in [0.25, 0.3) is 0 Å². The third-order valence-electron chi connectivity index (χ3n) is 4.83. The van der Waals surface area contributed by atoms with Gasteiger partial charge in [0, 0.05) is 23.7 Å². The maximum atomic E-state index is 12.9. The number of carbonyl (C=O) groups is 1. The summed E-state index contributed by atoms with van der Waals surface area (Å²) in [6.45, 7) is 4.68. The van der Waals surface area contributed by atoms with E-state index in [0.29, 0.717) is 35.3 Å². The van der Waals surface area contributed by atoms with Crippen molar-refractivity contribution in [2.45, 2.75) is 37.6 Å². The number of hydrogen-bond acceptors (Lipinski definition) is 6. The maximum absolute atomic E-state index is 12.9. The molecule has 0 saturated carbocycles. The number of nitrogens with one attached hydrogen (secondary N) is 1. The SMILES string of the molecule is CCSc1nnc(NC(=O)CCCn2c3ccccc3c(=O)c3cc(C)ccc32)s1. The highest BCUT2D eigenvalue weighted by Crippen LogP contribution is 2.25. The van der Waals surface area contributed by atoms with E-state index in [1.165, 1.54) is 11.3 Å². The van der Waals surface area contributed by atoms with Gasteiger partial charge in [-0.15, -0.1) is 10.2 Å². The summed E-state index contributed by atoms with van der Waals surface area (Å²) >= 11 is 3.00. The van der Waals surface area contributed by atoms with Crippen molar-refractivity contribution in [3.63, 3.8) is 0 Å². The number of nitrogens with zero attached hydrogens (tertiary/aromatic N) is 3. The Hall–Kier alpha value is -2.71. The number of aryl methyl sites for hydroxylation is 2. The number of rotatable bonds is 7. The highest BCUT2D eigenvalue weighted by molar-refractivity contribution is 8.01. The van der Waals surface area contributed by atoms with Gasteiger partial charge in [-0.2, -0.15) is 0 Å². The molecule has 1 amide bonds. The molecule has 0 aliphatic carbocycles. The smallest absolute Gasteiger partial charge is 0.226 e. The van der Waals surface area contributed by atoms with Crippen molar-refractivity contribution in [2.24, 2.45) is 0 Å². The van der Waals surface area contributed by atoms with Crippen LogP contribution in [-0.2, 0) is 11.3 Å². The lowest BCUT2D eigenvalue weighted by Gasteiger charge is -2.15. The second kappa shape index (κ2) is 8.97. The largest absolute Gasteiger partial charge is 0.340 e. The predicted octanol–water partition coefficient (Wildman–Crippen LogP) is 4.85. The Morgan fingerprint density at radius 2 is 1.93 bits per heavy atom. The molecule has 154 valence electrons. The molecule has 2 heterocycles. The lowest BCUT2D eigenvalue weighted by atomic mass is 10.1. The average molecular weight is 439 g/mol. The topological polar surface area (TPSA) is 76.9 Å². The number of thioether (sulfide) groups is 1. The van der Waals surface area contributed by atoms with E-state index in [2.05, 4.69) is 27.0 Å². The summed E-state index contributed by atoms with van der Waals surface area (Å²) in [6.07, 6.45) is 1.01. The summed E-state index contributed by atoms with van der Waals surface area (Å²) in [5, 5.41) is 12.9. The summed E-state index contributed by atoms with van der Waals surface area (Å²) in [4.78, 5) is 25.3. The Labute approximate surface area is 182 Å². The number of amides is 1. The normalized spacial score (nSPS) is 11.3. The van der Waals surface area contributed by atoms with E-state index in [1.807, 2.05) is 49.4 Å². The first-order valence-corrected chi connectivity index (χ1v) is 11.6. The molecular formula is C22H22N4O2S2. The van der Waals surface area contributed by atoms with Crippen LogP contribution in [0.25, 0.3) is 21.8 Å². The molecule has 0 saturated heterocycles. The number of hydrogen-bond donors (Lipinski definition) is 1. The number of carbonyl (C=O) groups excluding carboxylic acids is 1. The number of benzene rings is 2. The van der Waals surface area contributed by atoms with Crippen molar-refractivity contribution >= 4 is 55.9 Å². The lowest BCUT2D eigenvalue weighted by molar-refractivity contribution is -0.116.